The van der Waals surface area contributed by atoms with Crippen LogP contribution in [0, 0.1) is 13.8 Å². The molecule has 0 aliphatic heterocycles. The SMILES string of the molecule is Cc1ccc(NC(C)CCc2ccco2)c(C)c1. The number of anilines is 1. The summed E-state index contributed by atoms with van der Waals surface area (Å²) in [4.78, 5) is 0. The van der Waals surface area contributed by atoms with Crippen LogP contribution in [0.15, 0.2) is 41.0 Å². The molecule has 18 heavy (non-hydrogen) atoms. The lowest BCUT2D eigenvalue weighted by atomic mass is 10.1. The van der Waals surface area contributed by atoms with E-state index in [0.29, 0.717) is 6.04 Å². The van der Waals surface area contributed by atoms with Gasteiger partial charge in [0.1, 0.15) is 5.76 Å². The standard InChI is InChI=1S/C16H21NO/c1-12-6-9-16(13(2)11-12)17-14(3)7-8-15-5-4-10-18-15/h4-6,9-11,14,17H,7-8H2,1-3H3. The zero-order chi connectivity index (χ0) is 13.0. The van der Waals surface area contributed by atoms with Gasteiger partial charge >= 0.3 is 0 Å². The van der Waals surface area contributed by atoms with Gasteiger partial charge in [-0.25, -0.2) is 0 Å². The Hall–Kier alpha value is -1.70. The van der Waals surface area contributed by atoms with Crippen molar-refractivity contribution in [2.75, 3.05) is 5.32 Å². The molecule has 0 aliphatic carbocycles. The molecule has 0 radical (unpaired) electrons. The van der Waals surface area contributed by atoms with E-state index in [2.05, 4.69) is 44.3 Å². The molecule has 1 N–H and O–H groups in total. The summed E-state index contributed by atoms with van der Waals surface area (Å²) >= 11 is 0. The van der Waals surface area contributed by atoms with E-state index in [0.717, 1.165) is 18.6 Å². The number of rotatable bonds is 5. The third-order valence-electron chi connectivity index (χ3n) is 3.19. The number of hydrogen-bond acceptors (Lipinski definition) is 2. The second-order valence-corrected chi connectivity index (χ2v) is 4.98. The van der Waals surface area contributed by atoms with E-state index in [1.807, 2.05) is 12.1 Å². The highest BCUT2D eigenvalue weighted by atomic mass is 16.3. The van der Waals surface area contributed by atoms with Crippen LogP contribution in [0.5, 0.6) is 0 Å². The van der Waals surface area contributed by atoms with Gasteiger partial charge in [-0.3, -0.25) is 0 Å². The zero-order valence-corrected chi connectivity index (χ0v) is 11.4. The van der Waals surface area contributed by atoms with Crippen LogP contribution in [-0.2, 0) is 6.42 Å². The third kappa shape index (κ3) is 3.39. The Balaban J connectivity index is 1.88. The number of nitrogens with one attached hydrogen (secondary N) is 1. The molecule has 0 saturated carbocycles. The van der Waals surface area contributed by atoms with Crippen molar-refractivity contribution in [1.29, 1.82) is 0 Å². The summed E-state index contributed by atoms with van der Waals surface area (Å²) in [5.74, 6) is 1.06. The highest BCUT2D eigenvalue weighted by molar-refractivity contribution is 5.52. The molecule has 96 valence electrons. The highest BCUT2D eigenvalue weighted by Crippen LogP contribution is 2.18. The van der Waals surface area contributed by atoms with Gasteiger partial charge in [0.05, 0.1) is 6.26 Å². The van der Waals surface area contributed by atoms with E-state index in [1.54, 1.807) is 6.26 Å². The lowest BCUT2D eigenvalue weighted by molar-refractivity contribution is 0.495. The van der Waals surface area contributed by atoms with Crippen LogP contribution in [0.1, 0.15) is 30.2 Å². The van der Waals surface area contributed by atoms with Crippen molar-refractivity contribution in [1.82, 2.24) is 0 Å². The van der Waals surface area contributed by atoms with Crippen LogP contribution < -0.4 is 5.32 Å². The minimum atomic E-state index is 0.441. The monoisotopic (exact) mass is 243 g/mol. The third-order valence-corrected chi connectivity index (χ3v) is 3.19. The minimum absolute atomic E-state index is 0.441. The molecular weight excluding hydrogens is 222 g/mol. The molecule has 1 aromatic carbocycles. The maximum atomic E-state index is 5.35. The van der Waals surface area contributed by atoms with Crippen LogP contribution in [0.4, 0.5) is 5.69 Å². The second-order valence-electron chi connectivity index (χ2n) is 4.98. The van der Waals surface area contributed by atoms with E-state index in [9.17, 15) is 0 Å². The van der Waals surface area contributed by atoms with Crippen molar-refractivity contribution in [2.24, 2.45) is 0 Å². The first-order valence-corrected chi connectivity index (χ1v) is 6.51. The van der Waals surface area contributed by atoms with Gasteiger partial charge in [0, 0.05) is 18.2 Å². The molecular formula is C16H21NO. The molecule has 2 nitrogen and oxygen atoms in total. The average Bonchev–Trinajstić information content (AvgIpc) is 2.83. The number of hydrogen-bond donors (Lipinski definition) is 1. The van der Waals surface area contributed by atoms with E-state index in [-0.39, 0.29) is 0 Å². The van der Waals surface area contributed by atoms with Crippen LogP contribution in [-0.4, -0.2) is 6.04 Å². The van der Waals surface area contributed by atoms with Crippen LogP contribution in [0.25, 0.3) is 0 Å². The van der Waals surface area contributed by atoms with Crippen LogP contribution in [0.2, 0.25) is 0 Å². The Morgan fingerprint density at radius 2 is 2.06 bits per heavy atom. The summed E-state index contributed by atoms with van der Waals surface area (Å²) < 4.78 is 5.35. The molecule has 2 rings (SSSR count). The van der Waals surface area contributed by atoms with Gasteiger partial charge in [0.2, 0.25) is 0 Å². The maximum absolute atomic E-state index is 5.35. The topological polar surface area (TPSA) is 25.2 Å². The fourth-order valence-corrected chi connectivity index (χ4v) is 2.13. The van der Waals surface area contributed by atoms with Gasteiger partial charge in [-0.1, -0.05) is 17.7 Å². The lowest BCUT2D eigenvalue weighted by Gasteiger charge is -2.17. The van der Waals surface area contributed by atoms with Crippen LogP contribution in [0.3, 0.4) is 0 Å². The molecule has 0 amide bonds. The van der Waals surface area contributed by atoms with Gasteiger partial charge < -0.3 is 9.73 Å². The van der Waals surface area contributed by atoms with Gasteiger partial charge in [0.25, 0.3) is 0 Å². The molecule has 0 saturated heterocycles. The van der Waals surface area contributed by atoms with Crippen molar-refractivity contribution in [3.8, 4) is 0 Å². The normalized spacial score (nSPS) is 12.4. The molecule has 0 bridgehead atoms. The van der Waals surface area contributed by atoms with E-state index in [1.165, 1.54) is 16.8 Å². The Morgan fingerprint density at radius 1 is 1.22 bits per heavy atom. The summed E-state index contributed by atoms with van der Waals surface area (Å²) in [7, 11) is 0. The summed E-state index contributed by atoms with van der Waals surface area (Å²) in [6, 6.07) is 10.9. The van der Waals surface area contributed by atoms with Gasteiger partial charge in [-0.2, -0.15) is 0 Å². The first-order chi connectivity index (χ1) is 8.65. The van der Waals surface area contributed by atoms with Crippen molar-refractivity contribution in [2.45, 2.75) is 39.7 Å². The summed E-state index contributed by atoms with van der Waals surface area (Å²) in [5, 5.41) is 3.56. The van der Waals surface area contributed by atoms with Crippen molar-refractivity contribution < 1.29 is 4.42 Å². The van der Waals surface area contributed by atoms with Crippen molar-refractivity contribution in [3.05, 3.63) is 53.5 Å². The number of benzene rings is 1. The molecule has 2 aromatic rings. The fourth-order valence-electron chi connectivity index (χ4n) is 2.13. The predicted octanol–water partition coefficient (Wildman–Crippen LogP) is 4.33. The van der Waals surface area contributed by atoms with E-state index >= 15 is 0 Å². The van der Waals surface area contributed by atoms with E-state index < -0.39 is 0 Å². The molecule has 2 heteroatoms. The predicted molar refractivity (Wildman–Crippen MR) is 76.0 cm³/mol. The Morgan fingerprint density at radius 3 is 2.72 bits per heavy atom. The first-order valence-electron chi connectivity index (χ1n) is 6.51. The lowest BCUT2D eigenvalue weighted by Crippen LogP contribution is -2.16. The second kappa shape index (κ2) is 5.76. The smallest absolute Gasteiger partial charge is 0.103 e. The van der Waals surface area contributed by atoms with Gasteiger partial charge in [0.15, 0.2) is 0 Å². The van der Waals surface area contributed by atoms with E-state index in [4.69, 9.17) is 4.42 Å². The number of furan rings is 1. The Bertz CT molecular complexity index is 488. The summed E-state index contributed by atoms with van der Waals surface area (Å²) in [5.41, 5.74) is 3.84. The van der Waals surface area contributed by atoms with Crippen molar-refractivity contribution in [3.63, 3.8) is 0 Å². The molecule has 0 spiro atoms. The fraction of sp³-hybridized carbons (Fsp3) is 0.375. The average molecular weight is 243 g/mol. The molecule has 1 atom stereocenters. The molecule has 0 aliphatic rings. The molecule has 0 fully saturated rings. The van der Waals surface area contributed by atoms with Gasteiger partial charge in [-0.05, 0) is 51.0 Å². The largest absolute Gasteiger partial charge is 0.469 e. The molecule has 1 heterocycles. The Kier molecular flexibility index (Phi) is 4.08. The zero-order valence-electron chi connectivity index (χ0n) is 11.4. The minimum Gasteiger partial charge on any atom is -0.469 e. The highest BCUT2D eigenvalue weighted by Gasteiger charge is 2.06. The quantitative estimate of drug-likeness (QED) is 0.845. The number of aryl methyl sites for hydroxylation is 3. The summed E-state index contributed by atoms with van der Waals surface area (Å²) in [6.45, 7) is 6.48. The maximum Gasteiger partial charge on any atom is 0.103 e. The molecule has 1 aromatic heterocycles. The van der Waals surface area contributed by atoms with Gasteiger partial charge in [-0.15, -0.1) is 0 Å². The summed E-state index contributed by atoms with van der Waals surface area (Å²) in [6.07, 6.45) is 3.78. The van der Waals surface area contributed by atoms with Crippen LogP contribution >= 0.6 is 0 Å². The Labute approximate surface area is 109 Å². The molecule has 1 unspecified atom stereocenters. The van der Waals surface area contributed by atoms with Crippen molar-refractivity contribution >= 4 is 5.69 Å². The first kappa shape index (κ1) is 12.7.